The number of guanidine groups is 1. The number of hydrogen-bond acceptors (Lipinski definition) is 1. The lowest BCUT2D eigenvalue weighted by Gasteiger charge is -2.23. The summed E-state index contributed by atoms with van der Waals surface area (Å²) in [6.07, 6.45) is 8.23. The van der Waals surface area contributed by atoms with Crippen LogP contribution in [-0.4, -0.2) is 37.5 Å². The summed E-state index contributed by atoms with van der Waals surface area (Å²) in [5.41, 5.74) is 0.617. The molecule has 0 amide bonds. The Kier molecular flexibility index (Phi) is 4.52. The average molecular weight is 251 g/mol. The third kappa shape index (κ3) is 3.39. The highest BCUT2D eigenvalue weighted by Gasteiger charge is 2.53. The van der Waals surface area contributed by atoms with Gasteiger partial charge in [0, 0.05) is 26.7 Å². The topological polar surface area (TPSA) is 27.6 Å². The molecule has 1 N–H and O–H groups in total. The molecule has 0 aromatic heterocycles. The van der Waals surface area contributed by atoms with Crippen molar-refractivity contribution in [1.29, 1.82) is 0 Å². The first-order valence-electron chi connectivity index (χ1n) is 7.71. The van der Waals surface area contributed by atoms with Crippen LogP contribution in [-0.2, 0) is 0 Å². The zero-order chi connectivity index (χ0) is 13.0. The Morgan fingerprint density at radius 3 is 2.56 bits per heavy atom. The number of rotatable bonds is 7. The standard InChI is InChI=1S/C15H29N3/c1-4-6-11-18(3)14(16-5-2)17-12-15(9-10-15)13-7-8-13/h13H,4-12H2,1-3H3,(H,16,17). The Balaban J connectivity index is 1.87. The summed E-state index contributed by atoms with van der Waals surface area (Å²) in [7, 11) is 2.16. The monoisotopic (exact) mass is 251 g/mol. The quantitative estimate of drug-likeness (QED) is 0.556. The van der Waals surface area contributed by atoms with Crippen LogP contribution in [0.25, 0.3) is 0 Å². The maximum Gasteiger partial charge on any atom is 0.193 e. The first kappa shape index (κ1) is 13.7. The van der Waals surface area contributed by atoms with Gasteiger partial charge in [0.1, 0.15) is 0 Å². The highest BCUT2D eigenvalue weighted by atomic mass is 15.3. The second-order valence-electron chi connectivity index (χ2n) is 6.08. The third-order valence-electron chi connectivity index (χ3n) is 4.42. The summed E-state index contributed by atoms with van der Waals surface area (Å²) < 4.78 is 0. The molecule has 0 radical (unpaired) electrons. The molecule has 0 aliphatic heterocycles. The van der Waals surface area contributed by atoms with Gasteiger partial charge in [-0.3, -0.25) is 4.99 Å². The van der Waals surface area contributed by atoms with Gasteiger partial charge in [-0.15, -0.1) is 0 Å². The molecule has 0 heterocycles. The molecule has 0 atom stereocenters. The molecule has 0 aromatic rings. The number of nitrogens with zero attached hydrogens (tertiary/aromatic N) is 2. The van der Waals surface area contributed by atoms with Crippen molar-refractivity contribution in [2.45, 2.75) is 52.4 Å². The summed E-state index contributed by atoms with van der Waals surface area (Å²) in [5.74, 6) is 2.11. The smallest absolute Gasteiger partial charge is 0.193 e. The van der Waals surface area contributed by atoms with Crippen molar-refractivity contribution in [1.82, 2.24) is 10.2 Å². The predicted octanol–water partition coefficient (Wildman–Crippen LogP) is 2.87. The molecule has 0 bridgehead atoms. The van der Waals surface area contributed by atoms with E-state index in [0.717, 1.165) is 31.5 Å². The van der Waals surface area contributed by atoms with Crippen molar-refractivity contribution in [2.24, 2.45) is 16.3 Å². The highest BCUT2D eigenvalue weighted by molar-refractivity contribution is 5.79. The highest BCUT2D eigenvalue weighted by Crippen LogP contribution is 2.61. The van der Waals surface area contributed by atoms with Gasteiger partial charge in [0.05, 0.1) is 0 Å². The van der Waals surface area contributed by atoms with E-state index in [1.807, 2.05) is 0 Å². The van der Waals surface area contributed by atoms with E-state index in [2.05, 4.69) is 31.1 Å². The van der Waals surface area contributed by atoms with E-state index in [0.29, 0.717) is 5.41 Å². The number of hydrogen-bond donors (Lipinski definition) is 1. The molecule has 18 heavy (non-hydrogen) atoms. The van der Waals surface area contributed by atoms with E-state index in [9.17, 15) is 0 Å². The Morgan fingerprint density at radius 2 is 2.06 bits per heavy atom. The second-order valence-corrected chi connectivity index (χ2v) is 6.08. The van der Waals surface area contributed by atoms with Gasteiger partial charge in [-0.25, -0.2) is 0 Å². The minimum atomic E-state index is 0.617. The van der Waals surface area contributed by atoms with Crippen LogP contribution in [0.3, 0.4) is 0 Å². The van der Waals surface area contributed by atoms with E-state index in [1.165, 1.54) is 38.5 Å². The summed E-state index contributed by atoms with van der Waals surface area (Å²) in [6.45, 7) is 7.52. The normalized spacial score (nSPS) is 21.8. The lowest BCUT2D eigenvalue weighted by molar-refractivity contribution is 0.433. The molecular formula is C15H29N3. The average Bonchev–Trinajstić information content (AvgIpc) is 3.23. The SMILES string of the molecule is CCCCN(C)C(=NCC1(C2CC2)CC1)NCC. The maximum atomic E-state index is 4.89. The van der Waals surface area contributed by atoms with Gasteiger partial charge < -0.3 is 10.2 Å². The molecule has 2 aliphatic carbocycles. The van der Waals surface area contributed by atoms with E-state index < -0.39 is 0 Å². The molecule has 104 valence electrons. The van der Waals surface area contributed by atoms with Crippen molar-refractivity contribution < 1.29 is 0 Å². The summed E-state index contributed by atoms with van der Waals surface area (Å²) in [4.78, 5) is 7.18. The second kappa shape index (κ2) is 5.94. The maximum absolute atomic E-state index is 4.89. The Hall–Kier alpha value is -0.730. The minimum absolute atomic E-state index is 0.617. The van der Waals surface area contributed by atoms with Gasteiger partial charge in [-0.1, -0.05) is 13.3 Å². The number of aliphatic imine (C=N–C) groups is 1. The minimum Gasteiger partial charge on any atom is -0.357 e. The Labute approximate surface area is 112 Å². The van der Waals surface area contributed by atoms with Crippen molar-refractivity contribution in [3.63, 3.8) is 0 Å². The van der Waals surface area contributed by atoms with E-state index in [1.54, 1.807) is 0 Å². The fraction of sp³-hybridized carbons (Fsp3) is 0.933. The zero-order valence-electron chi connectivity index (χ0n) is 12.3. The van der Waals surface area contributed by atoms with Crippen LogP contribution in [0, 0.1) is 11.3 Å². The summed E-state index contributed by atoms with van der Waals surface area (Å²) >= 11 is 0. The van der Waals surface area contributed by atoms with Gasteiger partial charge in [0.2, 0.25) is 0 Å². The molecule has 0 spiro atoms. The zero-order valence-corrected chi connectivity index (χ0v) is 12.3. The van der Waals surface area contributed by atoms with Crippen LogP contribution < -0.4 is 5.32 Å². The van der Waals surface area contributed by atoms with Crippen molar-refractivity contribution >= 4 is 5.96 Å². The predicted molar refractivity (Wildman–Crippen MR) is 77.9 cm³/mol. The first-order valence-corrected chi connectivity index (χ1v) is 7.71. The lowest BCUT2D eigenvalue weighted by Crippen LogP contribution is -2.39. The van der Waals surface area contributed by atoms with E-state index >= 15 is 0 Å². The van der Waals surface area contributed by atoms with Crippen LogP contribution in [0.4, 0.5) is 0 Å². The van der Waals surface area contributed by atoms with Crippen LogP contribution in [0.1, 0.15) is 52.4 Å². The molecule has 2 saturated carbocycles. The van der Waals surface area contributed by atoms with Crippen LogP contribution >= 0.6 is 0 Å². The molecule has 3 heteroatoms. The number of nitrogens with one attached hydrogen (secondary N) is 1. The fourth-order valence-corrected chi connectivity index (χ4v) is 2.75. The molecule has 3 nitrogen and oxygen atoms in total. The lowest BCUT2D eigenvalue weighted by atomic mass is 10.0. The van der Waals surface area contributed by atoms with E-state index in [-0.39, 0.29) is 0 Å². The van der Waals surface area contributed by atoms with Crippen LogP contribution in [0.15, 0.2) is 4.99 Å². The Bertz CT molecular complexity index is 290. The van der Waals surface area contributed by atoms with Crippen molar-refractivity contribution in [3.05, 3.63) is 0 Å². The van der Waals surface area contributed by atoms with Crippen molar-refractivity contribution in [3.8, 4) is 0 Å². The van der Waals surface area contributed by atoms with Gasteiger partial charge in [-0.05, 0) is 50.4 Å². The molecule has 2 rings (SSSR count). The van der Waals surface area contributed by atoms with Gasteiger partial charge >= 0.3 is 0 Å². The molecule has 2 aliphatic rings. The molecule has 2 fully saturated rings. The molecule has 0 unspecified atom stereocenters. The van der Waals surface area contributed by atoms with Crippen LogP contribution in [0.2, 0.25) is 0 Å². The van der Waals surface area contributed by atoms with E-state index in [4.69, 9.17) is 4.99 Å². The third-order valence-corrected chi connectivity index (χ3v) is 4.42. The van der Waals surface area contributed by atoms with Gasteiger partial charge in [0.15, 0.2) is 5.96 Å². The molecule has 0 aromatic carbocycles. The Morgan fingerprint density at radius 1 is 1.33 bits per heavy atom. The van der Waals surface area contributed by atoms with Gasteiger partial charge in [-0.2, -0.15) is 0 Å². The van der Waals surface area contributed by atoms with Gasteiger partial charge in [0.25, 0.3) is 0 Å². The number of unbranched alkanes of at least 4 members (excludes halogenated alkanes) is 1. The summed E-state index contributed by atoms with van der Waals surface area (Å²) in [6, 6.07) is 0. The fourth-order valence-electron chi connectivity index (χ4n) is 2.75. The largest absolute Gasteiger partial charge is 0.357 e. The first-order chi connectivity index (χ1) is 8.72. The van der Waals surface area contributed by atoms with Crippen LogP contribution in [0.5, 0.6) is 0 Å². The van der Waals surface area contributed by atoms with Crippen molar-refractivity contribution in [2.75, 3.05) is 26.7 Å². The summed E-state index contributed by atoms with van der Waals surface area (Å²) in [5, 5.41) is 3.43. The molecule has 0 saturated heterocycles. The molecular weight excluding hydrogens is 222 g/mol.